The van der Waals surface area contributed by atoms with E-state index < -0.39 is 6.10 Å². The molecule has 0 aromatic carbocycles. The summed E-state index contributed by atoms with van der Waals surface area (Å²) in [6, 6.07) is 3.67. The van der Waals surface area contributed by atoms with Gasteiger partial charge in [-0.05, 0) is 54.8 Å². The van der Waals surface area contributed by atoms with Gasteiger partial charge >= 0.3 is 0 Å². The van der Waals surface area contributed by atoms with E-state index in [2.05, 4.69) is 14.3 Å². The average molecular weight is 253 g/mol. The average Bonchev–Trinajstić information content (AvgIpc) is 2.64. The molecule has 0 unspecified atom stereocenters. The molecule has 4 nitrogen and oxygen atoms in total. The second-order valence-electron chi connectivity index (χ2n) is 3.31. The first-order valence-electron chi connectivity index (χ1n) is 4.77. The lowest BCUT2D eigenvalue weighted by Crippen LogP contribution is -1.92. The minimum absolute atomic E-state index is 0.474. The zero-order chi connectivity index (χ0) is 11.5. The number of aryl methyl sites for hydroxylation is 1. The van der Waals surface area contributed by atoms with Crippen molar-refractivity contribution in [3.05, 3.63) is 29.7 Å². The van der Waals surface area contributed by atoms with E-state index in [9.17, 15) is 5.11 Å². The van der Waals surface area contributed by atoms with E-state index in [0.717, 1.165) is 20.8 Å². The summed E-state index contributed by atoms with van der Waals surface area (Å²) in [5.41, 5.74) is 0.860. The number of nitrogens with zero attached hydrogens (tertiary/aromatic N) is 3. The van der Waals surface area contributed by atoms with Crippen LogP contribution in [0.5, 0.6) is 0 Å². The molecule has 2 rings (SSSR count). The normalized spacial score (nSPS) is 12.7. The van der Waals surface area contributed by atoms with Crippen molar-refractivity contribution in [1.82, 2.24) is 14.3 Å². The van der Waals surface area contributed by atoms with Crippen LogP contribution in [-0.2, 0) is 0 Å². The monoisotopic (exact) mass is 253 g/mol. The standard InChI is InChI=1S/C10H11N3OS2/c1-6(14)8-3-4-11-9(5-8)15-10-12-7(2)13-16-10/h3-6,14H,1-2H3/t6-/m1/s1. The molecule has 16 heavy (non-hydrogen) atoms. The molecular weight excluding hydrogens is 242 g/mol. The Morgan fingerprint density at radius 2 is 2.31 bits per heavy atom. The first-order chi connectivity index (χ1) is 7.65. The fourth-order valence-corrected chi connectivity index (χ4v) is 2.76. The SMILES string of the molecule is Cc1nsc(Sc2cc([C@@H](C)O)ccn2)n1. The van der Waals surface area contributed by atoms with Crippen LogP contribution in [0.2, 0.25) is 0 Å². The molecule has 2 aromatic heterocycles. The molecule has 0 saturated carbocycles. The third-order valence-corrected chi connectivity index (χ3v) is 3.72. The van der Waals surface area contributed by atoms with Crippen molar-refractivity contribution in [2.75, 3.05) is 0 Å². The van der Waals surface area contributed by atoms with E-state index in [-0.39, 0.29) is 0 Å². The third kappa shape index (κ3) is 2.78. The largest absolute Gasteiger partial charge is 0.389 e. The van der Waals surface area contributed by atoms with Crippen molar-refractivity contribution in [1.29, 1.82) is 0 Å². The van der Waals surface area contributed by atoms with E-state index in [1.807, 2.05) is 13.0 Å². The zero-order valence-corrected chi connectivity index (χ0v) is 10.5. The summed E-state index contributed by atoms with van der Waals surface area (Å²) in [6.45, 7) is 3.60. The van der Waals surface area contributed by atoms with Crippen LogP contribution in [0, 0.1) is 6.92 Å². The minimum Gasteiger partial charge on any atom is -0.389 e. The van der Waals surface area contributed by atoms with Gasteiger partial charge in [-0.2, -0.15) is 4.37 Å². The van der Waals surface area contributed by atoms with E-state index in [4.69, 9.17) is 0 Å². The Kier molecular flexibility index (Phi) is 3.52. The van der Waals surface area contributed by atoms with Crippen molar-refractivity contribution < 1.29 is 5.11 Å². The van der Waals surface area contributed by atoms with Crippen LogP contribution in [0.1, 0.15) is 24.4 Å². The van der Waals surface area contributed by atoms with Gasteiger partial charge in [0.25, 0.3) is 0 Å². The molecule has 0 radical (unpaired) electrons. The lowest BCUT2D eigenvalue weighted by atomic mass is 10.2. The number of aromatic nitrogens is 3. The molecule has 84 valence electrons. The van der Waals surface area contributed by atoms with Crippen LogP contribution in [-0.4, -0.2) is 19.4 Å². The summed E-state index contributed by atoms with van der Waals surface area (Å²) in [6.07, 6.45) is 1.22. The van der Waals surface area contributed by atoms with Crippen LogP contribution >= 0.6 is 23.3 Å². The van der Waals surface area contributed by atoms with Gasteiger partial charge in [0.1, 0.15) is 10.9 Å². The van der Waals surface area contributed by atoms with Crippen LogP contribution in [0.25, 0.3) is 0 Å². The van der Waals surface area contributed by atoms with Gasteiger partial charge in [-0.1, -0.05) is 0 Å². The quantitative estimate of drug-likeness (QED) is 0.910. The smallest absolute Gasteiger partial charge is 0.176 e. The number of aliphatic hydroxyl groups excluding tert-OH is 1. The summed E-state index contributed by atoms with van der Waals surface area (Å²) in [5, 5.41) is 10.3. The number of rotatable bonds is 3. The summed E-state index contributed by atoms with van der Waals surface area (Å²) in [7, 11) is 0. The Morgan fingerprint density at radius 1 is 1.50 bits per heavy atom. The van der Waals surface area contributed by atoms with Gasteiger partial charge in [0.2, 0.25) is 0 Å². The lowest BCUT2D eigenvalue weighted by molar-refractivity contribution is 0.199. The Labute approximate surface area is 102 Å². The van der Waals surface area contributed by atoms with E-state index in [1.165, 1.54) is 23.3 Å². The van der Waals surface area contributed by atoms with Gasteiger partial charge in [-0.25, -0.2) is 9.97 Å². The molecule has 0 aliphatic rings. The highest BCUT2D eigenvalue weighted by molar-refractivity contribution is 8.00. The first-order valence-corrected chi connectivity index (χ1v) is 6.36. The molecule has 2 aromatic rings. The number of hydrogen-bond acceptors (Lipinski definition) is 6. The van der Waals surface area contributed by atoms with Crippen molar-refractivity contribution >= 4 is 23.3 Å². The molecule has 0 spiro atoms. The topological polar surface area (TPSA) is 58.9 Å². The fraction of sp³-hybridized carbons (Fsp3) is 0.300. The predicted octanol–water partition coefficient (Wildman–Crippen LogP) is 2.45. The van der Waals surface area contributed by atoms with Crippen molar-refractivity contribution in [2.24, 2.45) is 0 Å². The molecule has 0 saturated heterocycles. The highest BCUT2D eigenvalue weighted by Gasteiger charge is 2.07. The highest BCUT2D eigenvalue weighted by atomic mass is 32.2. The lowest BCUT2D eigenvalue weighted by Gasteiger charge is -2.04. The Balaban J connectivity index is 2.18. The maximum atomic E-state index is 9.46. The number of pyridine rings is 1. The molecule has 0 amide bonds. The maximum absolute atomic E-state index is 9.46. The minimum atomic E-state index is -0.474. The van der Waals surface area contributed by atoms with Gasteiger partial charge in [0.05, 0.1) is 6.10 Å². The molecule has 1 atom stereocenters. The van der Waals surface area contributed by atoms with Gasteiger partial charge < -0.3 is 5.11 Å². The highest BCUT2D eigenvalue weighted by Crippen LogP contribution is 2.28. The van der Waals surface area contributed by atoms with Crippen molar-refractivity contribution in [2.45, 2.75) is 29.3 Å². The van der Waals surface area contributed by atoms with E-state index >= 15 is 0 Å². The number of hydrogen-bond donors (Lipinski definition) is 1. The van der Waals surface area contributed by atoms with Gasteiger partial charge in [0.15, 0.2) is 4.34 Å². The van der Waals surface area contributed by atoms with Gasteiger partial charge in [-0.15, -0.1) is 0 Å². The summed E-state index contributed by atoms with van der Waals surface area (Å²) in [4.78, 5) is 8.47. The second-order valence-corrected chi connectivity index (χ2v) is 5.33. The molecule has 1 N–H and O–H groups in total. The summed E-state index contributed by atoms with van der Waals surface area (Å²) >= 11 is 2.82. The maximum Gasteiger partial charge on any atom is 0.176 e. The van der Waals surface area contributed by atoms with Gasteiger partial charge in [-0.3, -0.25) is 0 Å². The number of aliphatic hydroxyl groups is 1. The fourth-order valence-electron chi connectivity index (χ4n) is 1.15. The Hall–Kier alpha value is -0.980. The van der Waals surface area contributed by atoms with E-state index in [1.54, 1.807) is 19.2 Å². The summed E-state index contributed by atoms with van der Waals surface area (Å²) < 4.78 is 4.97. The van der Waals surface area contributed by atoms with Crippen LogP contribution in [0.3, 0.4) is 0 Å². The van der Waals surface area contributed by atoms with Crippen LogP contribution < -0.4 is 0 Å². The summed E-state index contributed by atoms with van der Waals surface area (Å²) in [5.74, 6) is 0.777. The molecule has 0 bridgehead atoms. The van der Waals surface area contributed by atoms with Crippen LogP contribution in [0.15, 0.2) is 27.7 Å². The zero-order valence-electron chi connectivity index (χ0n) is 8.91. The van der Waals surface area contributed by atoms with Gasteiger partial charge in [0, 0.05) is 6.20 Å². The predicted molar refractivity (Wildman–Crippen MR) is 63.6 cm³/mol. The molecule has 2 heterocycles. The van der Waals surface area contributed by atoms with Crippen molar-refractivity contribution in [3.63, 3.8) is 0 Å². The first kappa shape index (κ1) is 11.5. The third-order valence-electron chi connectivity index (χ3n) is 1.94. The van der Waals surface area contributed by atoms with E-state index in [0.29, 0.717) is 0 Å². The molecule has 0 aliphatic carbocycles. The molecular formula is C10H11N3OS2. The van der Waals surface area contributed by atoms with Crippen molar-refractivity contribution in [3.8, 4) is 0 Å². The Bertz CT molecular complexity index is 484. The molecule has 6 heteroatoms. The van der Waals surface area contributed by atoms with Crippen LogP contribution in [0.4, 0.5) is 0 Å². The second kappa shape index (κ2) is 4.90. The molecule has 0 aliphatic heterocycles. The Morgan fingerprint density at radius 3 is 2.94 bits per heavy atom. The molecule has 0 fully saturated rings.